The monoisotopic (exact) mass is 279 g/mol. The lowest BCUT2D eigenvalue weighted by molar-refractivity contribution is 0.109. The Morgan fingerprint density at radius 3 is 2.42 bits per heavy atom. The molecule has 0 saturated heterocycles. The van der Waals surface area contributed by atoms with Crippen molar-refractivity contribution in [3.05, 3.63) is 35.9 Å². The SMILES string of the molecule is COC(N)Cc1ccccc1.I. The van der Waals surface area contributed by atoms with Gasteiger partial charge in [-0.15, -0.1) is 24.0 Å². The van der Waals surface area contributed by atoms with Crippen molar-refractivity contribution in [3.63, 3.8) is 0 Å². The molecule has 0 aliphatic heterocycles. The molecule has 0 aliphatic rings. The maximum Gasteiger partial charge on any atom is 0.109 e. The summed E-state index contributed by atoms with van der Waals surface area (Å²) in [5, 5.41) is 0. The minimum Gasteiger partial charge on any atom is -0.366 e. The van der Waals surface area contributed by atoms with Crippen LogP contribution < -0.4 is 5.73 Å². The van der Waals surface area contributed by atoms with E-state index in [0.29, 0.717) is 0 Å². The van der Waals surface area contributed by atoms with Gasteiger partial charge in [-0.3, -0.25) is 0 Å². The maximum absolute atomic E-state index is 5.58. The summed E-state index contributed by atoms with van der Waals surface area (Å²) in [6.45, 7) is 0. The van der Waals surface area contributed by atoms with Gasteiger partial charge in [-0.2, -0.15) is 0 Å². The van der Waals surface area contributed by atoms with Crippen molar-refractivity contribution in [1.82, 2.24) is 0 Å². The molecule has 0 fully saturated rings. The first kappa shape index (κ1) is 11.9. The highest BCUT2D eigenvalue weighted by Gasteiger charge is 1.99. The fourth-order valence-corrected chi connectivity index (χ4v) is 0.930. The Morgan fingerprint density at radius 2 is 1.92 bits per heavy atom. The molecule has 3 heteroatoms. The van der Waals surface area contributed by atoms with E-state index >= 15 is 0 Å². The number of nitrogens with two attached hydrogens (primary N) is 1. The number of benzene rings is 1. The number of rotatable bonds is 3. The van der Waals surface area contributed by atoms with Crippen molar-refractivity contribution >= 4 is 24.0 Å². The molecule has 0 spiro atoms. The second kappa shape index (κ2) is 6.39. The van der Waals surface area contributed by atoms with Gasteiger partial charge in [0.15, 0.2) is 0 Å². The van der Waals surface area contributed by atoms with Crippen LogP contribution in [-0.4, -0.2) is 13.3 Å². The second-order valence-corrected chi connectivity index (χ2v) is 2.46. The van der Waals surface area contributed by atoms with Gasteiger partial charge < -0.3 is 10.5 Å². The van der Waals surface area contributed by atoms with Crippen LogP contribution in [0.1, 0.15) is 5.56 Å². The highest BCUT2D eigenvalue weighted by atomic mass is 127. The Hall–Kier alpha value is -0.130. The lowest BCUT2D eigenvalue weighted by Crippen LogP contribution is -2.24. The van der Waals surface area contributed by atoms with Crippen molar-refractivity contribution in [1.29, 1.82) is 0 Å². The summed E-state index contributed by atoms with van der Waals surface area (Å²) in [5.74, 6) is 0. The first-order valence-electron chi connectivity index (χ1n) is 3.65. The third-order valence-electron chi connectivity index (χ3n) is 1.58. The van der Waals surface area contributed by atoms with Crippen LogP contribution in [0.5, 0.6) is 0 Å². The van der Waals surface area contributed by atoms with Crippen LogP contribution >= 0.6 is 24.0 Å². The quantitative estimate of drug-likeness (QED) is 0.676. The van der Waals surface area contributed by atoms with E-state index in [9.17, 15) is 0 Å². The molecule has 0 aromatic heterocycles. The number of hydrogen-bond donors (Lipinski definition) is 1. The molecule has 2 N–H and O–H groups in total. The standard InChI is InChI=1S/C9H13NO.HI/c1-11-9(10)7-8-5-3-2-4-6-8;/h2-6,9H,7,10H2,1H3;1H. The number of hydrogen-bond acceptors (Lipinski definition) is 2. The molecule has 0 aliphatic carbocycles. The molecule has 1 unspecified atom stereocenters. The Bertz CT molecular complexity index is 203. The molecular formula is C9H14INO. The average Bonchev–Trinajstić information content (AvgIpc) is 2.06. The summed E-state index contributed by atoms with van der Waals surface area (Å²) in [4.78, 5) is 0. The minimum atomic E-state index is -0.183. The van der Waals surface area contributed by atoms with Crippen molar-refractivity contribution in [3.8, 4) is 0 Å². The summed E-state index contributed by atoms with van der Waals surface area (Å²) in [7, 11) is 1.62. The molecule has 0 amide bonds. The first-order valence-corrected chi connectivity index (χ1v) is 3.65. The summed E-state index contributed by atoms with van der Waals surface area (Å²) in [6.07, 6.45) is 0.592. The molecular weight excluding hydrogens is 265 g/mol. The zero-order valence-electron chi connectivity index (χ0n) is 7.07. The summed E-state index contributed by atoms with van der Waals surface area (Å²) in [5.41, 5.74) is 6.79. The van der Waals surface area contributed by atoms with Gasteiger partial charge >= 0.3 is 0 Å². The Morgan fingerprint density at radius 1 is 1.33 bits per heavy atom. The van der Waals surface area contributed by atoms with E-state index in [1.807, 2.05) is 30.3 Å². The molecule has 0 saturated carbocycles. The van der Waals surface area contributed by atoms with Gasteiger partial charge in [0, 0.05) is 13.5 Å². The largest absolute Gasteiger partial charge is 0.366 e. The molecule has 1 aromatic rings. The predicted molar refractivity (Wildman–Crippen MR) is 60.5 cm³/mol. The van der Waals surface area contributed by atoms with Gasteiger partial charge in [0.05, 0.1) is 0 Å². The normalized spacial score (nSPS) is 11.8. The maximum atomic E-state index is 5.58. The third-order valence-corrected chi connectivity index (χ3v) is 1.58. The number of methoxy groups -OCH3 is 1. The predicted octanol–water partition coefficient (Wildman–Crippen LogP) is 1.78. The van der Waals surface area contributed by atoms with E-state index in [0.717, 1.165) is 6.42 Å². The fourth-order valence-electron chi connectivity index (χ4n) is 0.930. The molecule has 2 nitrogen and oxygen atoms in total. The topological polar surface area (TPSA) is 35.2 Å². The van der Waals surface area contributed by atoms with Crippen molar-refractivity contribution in [2.24, 2.45) is 5.73 Å². The zero-order chi connectivity index (χ0) is 8.10. The molecule has 0 radical (unpaired) electrons. The van der Waals surface area contributed by atoms with Crippen LogP contribution in [0.3, 0.4) is 0 Å². The van der Waals surface area contributed by atoms with Crippen molar-refractivity contribution in [2.45, 2.75) is 12.6 Å². The van der Waals surface area contributed by atoms with Crippen molar-refractivity contribution < 1.29 is 4.74 Å². The number of halogens is 1. The van der Waals surface area contributed by atoms with Crippen LogP contribution in [0.4, 0.5) is 0 Å². The van der Waals surface area contributed by atoms with Crippen LogP contribution in [0.2, 0.25) is 0 Å². The molecule has 0 bridgehead atoms. The van der Waals surface area contributed by atoms with E-state index in [4.69, 9.17) is 10.5 Å². The molecule has 1 aromatic carbocycles. The van der Waals surface area contributed by atoms with Crippen LogP contribution in [0, 0.1) is 0 Å². The van der Waals surface area contributed by atoms with Gasteiger partial charge in [0.25, 0.3) is 0 Å². The first-order chi connectivity index (χ1) is 5.33. The molecule has 12 heavy (non-hydrogen) atoms. The Balaban J connectivity index is 0.00000121. The summed E-state index contributed by atoms with van der Waals surface area (Å²) < 4.78 is 4.93. The molecule has 1 atom stereocenters. The van der Waals surface area contributed by atoms with Crippen LogP contribution in [-0.2, 0) is 11.2 Å². The van der Waals surface area contributed by atoms with Gasteiger partial charge in [0.1, 0.15) is 6.23 Å². The van der Waals surface area contributed by atoms with Gasteiger partial charge in [-0.1, -0.05) is 30.3 Å². The van der Waals surface area contributed by atoms with Crippen LogP contribution in [0.25, 0.3) is 0 Å². The number of ether oxygens (including phenoxy) is 1. The minimum absolute atomic E-state index is 0. The summed E-state index contributed by atoms with van der Waals surface area (Å²) >= 11 is 0. The Labute approximate surface area is 90.1 Å². The van der Waals surface area contributed by atoms with Gasteiger partial charge in [0.2, 0.25) is 0 Å². The lowest BCUT2D eigenvalue weighted by atomic mass is 10.1. The summed E-state index contributed by atoms with van der Waals surface area (Å²) in [6, 6.07) is 10.1. The van der Waals surface area contributed by atoms with E-state index in [2.05, 4.69) is 0 Å². The Kier molecular flexibility index (Phi) is 6.32. The molecule has 1 rings (SSSR count). The second-order valence-electron chi connectivity index (χ2n) is 2.46. The van der Waals surface area contributed by atoms with E-state index in [1.54, 1.807) is 7.11 Å². The van der Waals surface area contributed by atoms with E-state index in [-0.39, 0.29) is 30.2 Å². The van der Waals surface area contributed by atoms with Crippen LogP contribution in [0.15, 0.2) is 30.3 Å². The highest BCUT2D eigenvalue weighted by molar-refractivity contribution is 14.0. The lowest BCUT2D eigenvalue weighted by Gasteiger charge is -2.08. The van der Waals surface area contributed by atoms with E-state index < -0.39 is 0 Å². The molecule has 0 heterocycles. The van der Waals surface area contributed by atoms with Gasteiger partial charge in [-0.05, 0) is 5.56 Å². The zero-order valence-corrected chi connectivity index (χ0v) is 9.40. The van der Waals surface area contributed by atoms with E-state index in [1.165, 1.54) is 5.56 Å². The van der Waals surface area contributed by atoms with Crippen molar-refractivity contribution in [2.75, 3.05) is 7.11 Å². The molecule has 68 valence electrons. The third kappa shape index (κ3) is 4.04. The smallest absolute Gasteiger partial charge is 0.109 e. The van der Waals surface area contributed by atoms with Gasteiger partial charge in [-0.25, -0.2) is 0 Å². The highest BCUT2D eigenvalue weighted by Crippen LogP contribution is 2.01. The fraction of sp³-hybridized carbons (Fsp3) is 0.333. The average molecular weight is 279 g/mol.